The zero-order valence-corrected chi connectivity index (χ0v) is 16.2. The van der Waals surface area contributed by atoms with Crippen LogP contribution in [0.2, 0.25) is 0 Å². The van der Waals surface area contributed by atoms with Gasteiger partial charge in [0.2, 0.25) is 10.0 Å². The number of hydrogen-bond donors (Lipinski definition) is 0. The molecule has 0 N–H and O–H groups in total. The molecular formula is C18H22N4O5S. The maximum Gasteiger partial charge on any atom is 0.289 e. The van der Waals surface area contributed by atoms with Crippen molar-refractivity contribution in [3.63, 3.8) is 0 Å². The van der Waals surface area contributed by atoms with Gasteiger partial charge in [-0.3, -0.25) is 15.0 Å². The van der Waals surface area contributed by atoms with E-state index in [4.69, 9.17) is 4.52 Å². The molecule has 2 heterocycles. The summed E-state index contributed by atoms with van der Waals surface area (Å²) < 4.78 is 32.6. The standard InChI is InChI=1S/C18H22N4O5S/c23-22(24)16-6-2-4-8-18(16)28(25,26)21-11-9-20(10-12-21)13-15-14-5-1-3-7-17(14)27-19-15/h2,4,6,8H,1,3,5,7,9-13H2. The number of benzene rings is 1. The first-order chi connectivity index (χ1) is 13.5. The molecule has 1 saturated heterocycles. The van der Waals surface area contributed by atoms with E-state index >= 15 is 0 Å². The summed E-state index contributed by atoms with van der Waals surface area (Å²) in [5.74, 6) is 0.985. The van der Waals surface area contributed by atoms with E-state index < -0.39 is 14.9 Å². The highest BCUT2D eigenvalue weighted by molar-refractivity contribution is 7.89. The van der Waals surface area contributed by atoms with Crippen molar-refractivity contribution in [2.75, 3.05) is 26.2 Å². The fourth-order valence-corrected chi connectivity index (χ4v) is 5.46. The van der Waals surface area contributed by atoms with Crippen molar-refractivity contribution >= 4 is 15.7 Å². The summed E-state index contributed by atoms with van der Waals surface area (Å²) in [7, 11) is -3.91. The summed E-state index contributed by atoms with van der Waals surface area (Å²) >= 11 is 0. The Bertz CT molecular complexity index is 980. The van der Waals surface area contributed by atoms with Crippen LogP contribution in [0.5, 0.6) is 0 Å². The van der Waals surface area contributed by atoms with Gasteiger partial charge in [0.1, 0.15) is 11.5 Å². The molecule has 1 aromatic carbocycles. The normalized spacial score (nSPS) is 18.7. The Morgan fingerprint density at radius 1 is 1.11 bits per heavy atom. The van der Waals surface area contributed by atoms with E-state index in [-0.39, 0.29) is 23.7 Å². The molecule has 1 aliphatic heterocycles. The number of hydrogen-bond acceptors (Lipinski definition) is 7. The number of rotatable bonds is 5. The maximum absolute atomic E-state index is 12.9. The molecular weight excluding hydrogens is 384 g/mol. The second kappa shape index (κ2) is 7.61. The molecule has 0 radical (unpaired) electrons. The monoisotopic (exact) mass is 406 g/mol. The van der Waals surface area contributed by atoms with Gasteiger partial charge in [-0.15, -0.1) is 0 Å². The molecule has 0 amide bonds. The average molecular weight is 406 g/mol. The molecule has 4 rings (SSSR count). The quantitative estimate of drug-likeness (QED) is 0.551. The molecule has 9 nitrogen and oxygen atoms in total. The topological polar surface area (TPSA) is 110 Å². The van der Waals surface area contributed by atoms with Crippen molar-refractivity contribution in [3.05, 3.63) is 51.4 Å². The second-order valence-electron chi connectivity index (χ2n) is 7.14. The Balaban J connectivity index is 1.44. The maximum atomic E-state index is 12.9. The molecule has 1 fully saturated rings. The van der Waals surface area contributed by atoms with Gasteiger partial charge in [0.05, 0.1) is 4.92 Å². The minimum atomic E-state index is -3.91. The van der Waals surface area contributed by atoms with Gasteiger partial charge in [-0.1, -0.05) is 17.3 Å². The summed E-state index contributed by atoms with van der Waals surface area (Å²) in [5, 5.41) is 15.4. The molecule has 0 saturated carbocycles. The zero-order valence-electron chi connectivity index (χ0n) is 15.4. The van der Waals surface area contributed by atoms with Crippen molar-refractivity contribution in [1.82, 2.24) is 14.4 Å². The third-order valence-corrected chi connectivity index (χ3v) is 7.36. The number of nitro benzene ring substituents is 1. The number of aromatic nitrogens is 1. The molecule has 1 aliphatic carbocycles. The number of piperazine rings is 1. The molecule has 1 aromatic heterocycles. The molecule has 2 aromatic rings. The molecule has 150 valence electrons. The van der Waals surface area contributed by atoms with E-state index in [1.807, 2.05) is 0 Å². The Hall–Kier alpha value is -2.30. The molecule has 0 bridgehead atoms. The molecule has 0 unspecified atom stereocenters. The number of nitro groups is 1. The van der Waals surface area contributed by atoms with E-state index in [0.717, 1.165) is 37.1 Å². The minimum Gasteiger partial charge on any atom is -0.361 e. The molecule has 0 spiro atoms. The van der Waals surface area contributed by atoms with Gasteiger partial charge in [-0.05, 0) is 25.3 Å². The first kappa shape index (κ1) is 19.0. The van der Waals surface area contributed by atoms with E-state index in [1.165, 1.54) is 34.1 Å². The van der Waals surface area contributed by atoms with Gasteiger partial charge < -0.3 is 4.52 Å². The largest absolute Gasteiger partial charge is 0.361 e. The molecule has 2 aliphatic rings. The minimum absolute atomic E-state index is 0.251. The van der Waals surface area contributed by atoms with E-state index in [2.05, 4.69) is 10.1 Å². The average Bonchev–Trinajstić information content (AvgIpc) is 3.11. The second-order valence-corrected chi connectivity index (χ2v) is 9.05. The Morgan fingerprint density at radius 2 is 1.82 bits per heavy atom. The summed E-state index contributed by atoms with van der Waals surface area (Å²) in [6.45, 7) is 2.30. The Kier molecular flexibility index (Phi) is 5.17. The van der Waals surface area contributed by atoms with Crippen molar-refractivity contribution in [3.8, 4) is 0 Å². The highest BCUT2D eigenvalue weighted by atomic mass is 32.2. The zero-order chi connectivity index (χ0) is 19.7. The van der Waals surface area contributed by atoms with Gasteiger partial charge in [0, 0.05) is 50.8 Å². The van der Waals surface area contributed by atoms with Crippen LogP contribution in [0.1, 0.15) is 29.9 Å². The van der Waals surface area contributed by atoms with Crippen LogP contribution in [0.25, 0.3) is 0 Å². The smallest absolute Gasteiger partial charge is 0.289 e. The number of nitrogens with zero attached hydrogens (tertiary/aromatic N) is 4. The van der Waals surface area contributed by atoms with Crippen LogP contribution in [0.3, 0.4) is 0 Å². The number of sulfonamides is 1. The van der Waals surface area contributed by atoms with Gasteiger partial charge in [-0.2, -0.15) is 4.31 Å². The molecule has 10 heteroatoms. The van der Waals surface area contributed by atoms with Crippen molar-refractivity contribution in [1.29, 1.82) is 0 Å². The van der Waals surface area contributed by atoms with Gasteiger partial charge >= 0.3 is 0 Å². The summed E-state index contributed by atoms with van der Waals surface area (Å²) in [6.07, 6.45) is 4.19. The number of para-hydroxylation sites is 1. The van der Waals surface area contributed by atoms with Crippen LogP contribution in [-0.4, -0.2) is 53.9 Å². The van der Waals surface area contributed by atoms with Gasteiger partial charge in [0.15, 0.2) is 4.90 Å². The Morgan fingerprint density at radius 3 is 2.57 bits per heavy atom. The van der Waals surface area contributed by atoms with E-state index in [0.29, 0.717) is 19.6 Å². The van der Waals surface area contributed by atoms with Gasteiger partial charge in [-0.25, -0.2) is 8.42 Å². The lowest BCUT2D eigenvalue weighted by molar-refractivity contribution is -0.387. The number of fused-ring (bicyclic) bond motifs is 1. The van der Waals surface area contributed by atoms with Gasteiger partial charge in [0.25, 0.3) is 5.69 Å². The predicted octanol–water partition coefficient (Wildman–Crippen LogP) is 1.97. The molecule has 0 atom stereocenters. The molecule has 28 heavy (non-hydrogen) atoms. The van der Waals surface area contributed by atoms with Crippen molar-refractivity contribution < 1.29 is 17.9 Å². The fourth-order valence-electron chi connectivity index (χ4n) is 3.88. The SMILES string of the molecule is O=[N+]([O-])c1ccccc1S(=O)(=O)N1CCN(Cc2noc3c2CCCC3)CC1. The lowest BCUT2D eigenvalue weighted by Gasteiger charge is -2.33. The first-order valence-corrected chi connectivity index (χ1v) is 10.8. The van der Waals surface area contributed by atoms with Crippen molar-refractivity contribution in [2.24, 2.45) is 0 Å². The lowest BCUT2D eigenvalue weighted by atomic mass is 9.96. The summed E-state index contributed by atoms with van der Waals surface area (Å²) in [5.41, 5.74) is 1.77. The fraction of sp³-hybridized carbons (Fsp3) is 0.500. The van der Waals surface area contributed by atoms with Crippen LogP contribution in [0.4, 0.5) is 5.69 Å². The first-order valence-electron chi connectivity index (χ1n) is 9.39. The van der Waals surface area contributed by atoms with Crippen LogP contribution in [0, 0.1) is 10.1 Å². The highest BCUT2D eigenvalue weighted by Crippen LogP contribution is 2.28. The Labute approximate surface area is 163 Å². The van der Waals surface area contributed by atoms with Crippen molar-refractivity contribution in [2.45, 2.75) is 37.1 Å². The number of aryl methyl sites for hydroxylation is 1. The lowest BCUT2D eigenvalue weighted by Crippen LogP contribution is -2.48. The van der Waals surface area contributed by atoms with E-state index in [1.54, 1.807) is 0 Å². The highest BCUT2D eigenvalue weighted by Gasteiger charge is 2.34. The van der Waals surface area contributed by atoms with Crippen LogP contribution >= 0.6 is 0 Å². The third kappa shape index (κ3) is 3.54. The van der Waals surface area contributed by atoms with Crippen LogP contribution in [0.15, 0.2) is 33.7 Å². The predicted molar refractivity (Wildman–Crippen MR) is 100 cm³/mol. The summed E-state index contributed by atoms with van der Waals surface area (Å²) in [4.78, 5) is 12.4. The van der Waals surface area contributed by atoms with Crippen LogP contribution < -0.4 is 0 Å². The summed E-state index contributed by atoms with van der Waals surface area (Å²) in [6, 6.07) is 5.48. The third-order valence-electron chi connectivity index (χ3n) is 5.42. The van der Waals surface area contributed by atoms with Crippen LogP contribution in [-0.2, 0) is 29.4 Å². The van der Waals surface area contributed by atoms with E-state index in [9.17, 15) is 18.5 Å².